The number of nitrogens with two attached hydrogens (primary N) is 1. The summed E-state index contributed by atoms with van der Waals surface area (Å²) in [4.78, 5) is 4.38. The van der Waals surface area contributed by atoms with Crippen LogP contribution in [0, 0.1) is 0 Å². The first-order valence-electron chi connectivity index (χ1n) is 8.03. The van der Waals surface area contributed by atoms with Crippen LogP contribution >= 0.6 is 24.0 Å². The molecule has 2 aromatic rings. The smallest absolute Gasteiger partial charge is 0.193 e. The van der Waals surface area contributed by atoms with Crippen molar-refractivity contribution in [2.45, 2.75) is 19.8 Å². The minimum atomic E-state index is 0. The molecule has 5 nitrogen and oxygen atoms in total. The van der Waals surface area contributed by atoms with Crippen LogP contribution in [0.1, 0.15) is 18.1 Å². The Bertz CT molecular complexity index is 688. The lowest BCUT2D eigenvalue weighted by molar-refractivity contribution is 0.405. The van der Waals surface area contributed by atoms with Gasteiger partial charge >= 0.3 is 0 Å². The van der Waals surface area contributed by atoms with Gasteiger partial charge in [-0.05, 0) is 36.1 Å². The van der Waals surface area contributed by atoms with E-state index in [4.69, 9.17) is 15.2 Å². The van der Waals surface area contributed by atoms with Crippen LogP contribution < -0.4 is 20.5 Å². The topological polar surface area (TPSA) is 68.9 Å². The molecule has 0 fully saturated rings. The van der Waals surface area contributed by atoms with Crippen molar-refractivity contribution in [2.24, 2.45) is 10.7 Å². The van der Waals surface area contributed by atoms with E-state index in [1.165, 1.54) is 11.1 Å². The number of halogens is 1. The molecule has 136 valence electrons. The van der Waals surface area contributed by atoms with Crippen LogP contribution in [-0.2, 0) is 12.8 Å². The number of aryl methyl sites for hydroxylation is 1. The zero-order valence-corrected chi connectivity index (χ0v) is 17.2. The van der Waals surface area contributed by atoms with Crippen LogP contribution in [0.3, 0.4) is 0 Å². The van der Waals surface area contributed by atoms with Crippen molar-refractivity contribution in [3.8, 4) is 11.5 Å². The molecule has 6 heteroatoms. The van der Waals surface area contributed by atoms with E-state index in [-0.39, 0.29) is 24.0 Å². The lowest BCUT2D eigenvalue weighted by Crippen LogP contribution is -2.23. The summed E-state index contributed by atoms with van der Waals surface area (Å²) in [5.74, 6) is 1.76. The number of benzene rings is 2. The number of guanidine groups is 1. The molecule has 2 aromatic carbocycles. The molecule has 0 heterocycles. The largest absolute Gasteiger partial charge is 0.497 e. The summed E-state index contributed by atoms with van der Waals surface area (Å²) >= 11 is 0. The SMILES string of the molecule is CCc1ccc(CCN=C(N)Nc2cc(OC)ccc2OC)cc1.I. The van der Waals surface area contributed by atoms with Gasteiger partial charge in [0.05, 0.1) is 19.9 Å². The molecule has 0 aliphatic heterocycles. The highest BCUT2D eigenvalue weighted by Gasteiger charge is 2.06. The number of methoxy groups -OCH3 is 2. The molecular weight excluding hydrogens is 429 g/mol. The number of ether oxygens (including phenoxy) is 2. The minimum Gasteiger partial charge on any atom is -0.497 e. The summed E-state index contributed by atoms with van der Waals surface area (Å²) in [5, 5.41) is 3.06. The number of rotatable bonds is 7. The van der Waals surface area contributed by atoms with Crippen LogP contribution in [0.25, 0.3) is 0 Å². The van der Waals surface area contributed by atoms with Gasteiger partial charge < -0.3 is 20.5 Å². The fourth-order valence-corrected chi connectivity index (χ4v) is 2.34. The Hall–Kier alpha value is -1.96. The van der Waals surface area contributed by atoms with Crippen molar-refractivity contribution in [3.63, 3.8) is 0 Å². The fraction of sp³-hybridized carbons (Fsp3) is 0.316. The van der Waals surface area contributed by atoms with E-state index in [2.05, 4.69) is 41.5 Å². The molecule has 0 aliphatic carbocycles. The third-order valence-corrected chi connectivity index (χ3v) is 3.78. The van der Waals surface area contributed by atoms with Gasteiger partial charge in [-0.25, -0.2) is 0 Å². The van der Waals surface area contributed by atoms with Gasteiger partial charge in [-0.15, -0.1) is 24.0 Å². The van der Waals surface area contributed by atoms with Gasteiger partial charge in [0.25, 0.3) is 0 Å². The van der Waals surface area contributed by atoms with Crippen LogP contribution in [0.15, 0.2) is 47.5 Å². The molecule has 0 saturated carbocycles. The molecule has 0 radical (unpaired) electrons. The normalized spacial score (nSPS) is 10.8. The van der Waals surface area contributed by atoms with Gasteiger partial charge in [-0.2, -0.15) is 0 Å². The van der Waals surface area contributed by atoms with Crippen LogP contribution in [-0.4, -0.2) is 26.7 Å². The molecule has 0 saturated heterocycles. The Balaban J connectivity index is 0.00000312. The summed E-state index contributed by atoms with van der Waals surface area (Å²) in [6, 6.07) is 14.1. The first kappa shape index (κ1) is 21.1. The van der Waals surface area contributed by atoms with Crippen LogP contribution in [0.4, 0.5) is 5.69 Å². The standard InChI is InChI=1S/C19H25N3O2.HI/c1-4-14-5-7-15(8-6-14)11-12-21-19(20)22-17-13-16(23-2)9-10-18(17)24-3;/h5-10,13H,4,11-12H2,1-3H3,(H3,20,21,22);1H. The molecule has 0 atom stereocenters. The second-order valence-electron chi connectivity index (χ2n) is 5.38. The van der Waals surface area contributed by atoms with Crippen molar-refractivity contribution in [1.82, 2.24) is 0 Å². The lowest BCUT2D eigenvalue weighted by Gasteiger charge is -2.12. The number of aliphatic imine (C=N–C) groups is 1. The van der Waals surface area contributed by atoms with Gasteiger partial charge in [0.2, 0.25) is 0 Å². The fourth-order valence-electron chi connectivity index (χ4n) is 2.34. The van der Waals surface area contributed by atoms with Crippen molar-refractivity contribution < 1.29 is 9.47 Å². The number of nitrogens with one attached hydrogen (secondary N) is 1. The van der Waals surface area contributed by atoms with E-state index in [1.807, 2.05) is 18.2 Å². The molecule has 3 N–H and O–H groups in total. The van der Waals surface area contributed by atoms with E-state index in [0.717, 1.165) is 24.3 Å². The van der Waals surface area contributed by atoms with Crippen molar-refractivity contribution in [2.75, 3.05) is 26.1 Å². The number of hydrogen-bond donors (Lipinski definition) is 2. The summed E-state index contributed by atoms with van der Waals surface area (Å²) in [6.45, 7) is 2.77. The Kier molecular flexibility index (Phi) is 9.12. The van der Waals surface area contributed by atoms with Crippen molar-refractivity contribution in [3.05, 3.63) is 53.6 Å². The van der Waals surface area contributed by atoms with Crippen molar-refractivity contribution >= 4 is 35.6 Å². The highest BCUT2D eigenvalue weighted by molar-refractivity contribution is 14.0. The number of hydrogen-bond acceptors (Lipinski definition) is 3. The highest BCUT2D eigenvalue weighted by Crippen LogP contribution is 2.28. The maximum absolute atomic E-state index is 5.97. The molecule has 0 spiro atoms. The summed E-state index contributed by atoms with van der Waals surface area (Å²) in [7, 11) is 3.23. The zero-order chi connectivity index (χ0) is 17.4. The second-order valence-corrected chi connectivity index (χ2v) is 5.38. The Morgan fingerprint density at radius 1 is 1.04 bits per heavy atom. The molecule has 0 unspecified atom stereocenters. The average molecular weight is 455 g/mol. The molecule has 0 aliphatic rings. The molecule has 2 rings (SSSR count). The van der Waals surface area contributed by atoms with E-state index in [1.54, 1.807) is 14.2 Å². The molecule has 0 amide bonds. The van der Waals surface area contributed by atoms with Crippen LogP contribution in [0.5, 0.6) is 11.5 Å². The Morgan fingerprint density at radius 3 is 2.32 bits per heavy atom. The molecule has 25 heavy (non-hydrogen) atoms. The average Bonchev–Trinajstić information content (AvgIpc) is 2.62. The van der Waals surface area contributed by atoms with Gasteiger partial charge in [0.1, 0.15) is 11.5 Å². The van der Waals surface area contributed by atoms with Gasteiger partial charge in [0, 0.05) is 12.6 Å². The predicted molar refractivity (Wildman–Crippen MR) is 115 cm³/mol. The molecule has 0 bridgehead atoms. The quantitative estimate of drug-likeness (QED) is 0.378. The summed E-state index contributed by atoms with van der Waals surface area (Å²) < 4.78 is 10.5. The monoisotopic (exact) mass is 455 g/mol. The maximum Gasteiger partial charge on any atom is 0.193 e. The van der Waals surface area contributed by atoms with Gasteiger partial charge in [-0.3, -0.25) is 4.99 Å². The Morgan fingerprint density at radius 2 is 1.72 bits per heavy atom. The van der Waals surface area contributed by atoms with E-state index in [0.29, 0.717) is 18.3 Å². The van der Waals surface area contributed by atoms with E-state index in [9.17, 15) is 0 Å². The third kappa shape index (κ3) is 6.45. The minimum absolute atomic E-state index is 0. The molecule has 0 aromatic heterocycles. The number of nitrogens with zero attached hydrogens (tertiary/aromatic N) is 1. The van der Waals surface area contributed by atoms with E-state index >= 15 is 0 Å². The Labute approximate surface area is 166 Å². The first-order chi connectivity index (χ1) is 11.7. The van der Waals surface area contributed by atoms with Crippen molar-refractivity contribution in [1.29, 1.82) is 0 Å². The van der Waals surface area contributed by atoms with Gasteiger partial charge in [0.15, 0.2) is 5.96 Å². The first-order valence-corrected chi connectivity index (χ1v) is 8.03. The summed E-state index contributed by atoms with van der Waals surface area (Å²) in [6.07, 6.45) is 1.90. The predicted octanol–water partition coefficient (Wildman–Crippen LogP) is 3.85. The van der Waals surface area contributed by atoms with Crippen LogP contribution in [0.2, 0.25) is 0 Å². The third-order valence-electron chi connectivity index (χ3n) is 3.78. The summed E-state index contributed by atoms with van der Waals surface area (Å²) in [5.41, 5.74) is 9.29. The van der Waals surface area contributed by atoms with E-state index < -0.39 is 0 Å². The highest BCUT2D eigenvalue weighted by atomic mass is 127. The van der Waals surface area contributed by atoms with Gasteiger partial charge in [-0.1, -0.05) is 31.2 Å². The zero-order valence-electron chi connectivity index (χ0n) is 14.9. The maximum atomic E-state index is 5.97. The lowest BCUT2D eigenvalue weighted by atomic mass is 10.1. The molecular formula is C19H26IN3O2. The second kappa shape index (κ2) is 10.8. The number of anilines is 1.